The second-order valence-corrected chi connectivity index (χ2v) is 5.85. The molecule has 5 nitrogen and oxygen atoms in total. The van der Waals surface area contributed by atoms with Crippen molar-refractivity contribution in [2.24, 2.45) is 17.6 Å². The smallest absolute Gasteiger partial charge is 0.229 e. The van der Waals surface area contributed by atoms with Crippen molar-refractivity contribution in [3.63, 3.8) is 0 Å². The Morgan fingerprint density at radius 2 is 1.96 bits per heavy atom. The highest BCUT2D eigenvalue weighted by molar-refractivity contribution is 5.92. The molecule has 130 valence electrons. The zero-order valence-electron chi connectivity index (χ0n) is 12.9. The molecule has 1 heterocycles. The van der Waals surface area contributed by atoms with Gasteiger partial charge in [0, 0.05) is 23.6 Å². The van der Waals surface area contributed by atoms with Crippen LogP contribution in [0.15, 0.2) is 24.3 Å². The van der Waals surface area contributed by atoms with E-state index in [1.54, 1.807) is 6.07 Å². The van der Waals surface area contributed by atoms with Crippen molar-refractivity contribution >= 4 is 24.1 Å². The minimum Gasteiger partial charge on any atom is -0.330 e. The van der Waals surface area contributed by atoms with Crippen LogP contribution in [-0.4, -0.2) is 22.6 Å². The van der Waals surface area contributed by atoms with Gasteiger partial charge in [0.1, 0.15) is 11.6 Å². The Kier molecular flexibility index (Phi) is 5.90. The molecule has 0 bridgehead atoms. The second kappa shape index (κ2) is 7.72. The molecule has 1 saturated carbocycles. The maximum absolute atomic E-state index is 13.3. The van der Waals surface area contributed by atoms with Gasteiger partial charge in [0.2, 0.25) is 5.91 Å². The first-order valence-corrected chi connectivity index (χ1v) is 7.59. The lowest BCUT2D eigenvalue weighted by Crippen LogP contribution is -2.29. The van der Waals surface area contributed by atoms with Crippen LogP contribution in [0.2, 0.25) is 0 Å². The van der Waals surface area contributed by atoms with Crippen molar-refractivity contribution in [1.29, 1.82) is 0 Å². The number of hydrogen-bond acceptors (Lipinski definition) is 3. The van der Waals surface area contributed by atoms with E-state index < -0.39 is 11.6 Å². The average molecular weight is 357 g/mol. The second-order valence-electron chi connectivity index (χ2n) is 5.85. The van der Waals surface area contributed by atoms with Gasteiger partial charge in [0.25, 0.3) is 0 Å². The summed E-state index contributed by atoms with van der Waals surface area (Å²) in [6, 6.07) is 4.75. The topological polar surface area (TPSA) is 83.8 Å². The number of nitrogens with zero attached hydrogens (tertiary/aromatic N) is 1. The van der Waals surface area contributed by atoms with Crippen LogP contribution < -0.4 is 11.1 Å². The number of carbonyl (C=O) groups is 1. The van der Waals surface area contributed by atoms with E-state index in [0.29, 0.717) is 23.6 Å². The number of halogens is 3. The fourth-order valence-electron chi connectivity index (χ4n) is 3.13. The quantitative estimate of drug-likeness (QED) is 0.787. The lowest BCUT2D eigenvalue weighted by molar-refractivity contribution is -0.120. The fraction of sp³-hybridized carbons (Fsp3) is 0.375. The van der Waals surface area contributed by atoms with Crippen molar-refractivity contribution in [2.45, 2.75) is 19.3 Å². The number of amides is 1. The SMILES string of the molecule is Cl.NC[C@H]1CCC[C@H]1C(=O)Nc1cc(-c2cc(F)cc(F)c2)[nH]n1. The van der Waals surface area contributed by atoms with Crippen LogP contribution in [0, 0.1) is 23.5 Å². The molecule has 8 heteroatoms. The molecule has 1 aromatic heterocycles. The average Bonchev–Trinajstić information content (AvgIpc) is 3.14. The minimum atomic E-state index is -0.670. The third-order valence-electron chi connectivity index (χ3n) is 4.30. The molecule has 0 aliphatic heterocycles. The number of carbonyl (C=O) groups excluding carboxylic acids is 1. The van der Waals surface area contributed by atoms with E-state index in [9.17, 15) is 13.6 Å². The number of aromatic amines is 1. The highest BCUT2D eigenvalue weighted by Gasteiger charge is 2.32. The summed E-state index contributed by atoms with van der Waals surface area (Å²) in [5, 5.41) is 9.40. The van der Waals surface area contributed by atoms with Gasteiger partial charge in [-0.15, -0.1) is 12.4 Å². The first-order valence-electron chi connectivity index (χ1n) is 7.59. The zero-order chi connectivity index (χ0) is 16.4. The Balaban J connectivity index is 0.00000208. The van der Waals surface area contributed by atoms with E-state index in [1.165, 1.54) is 12.1 Å². The number of H-pyrrole nitrogens is 1. The highest BCUT2D eigenvalue weighted by atomic mass is 35.5. The highest BCUT2D eigenvalue weighted by Crippen LogP contribution is 2.32. The molecule has 0 unspecified atom stereocenters. The Morgan fingerprint density at radius 1 is 1.25 bits per heavy atom. The summed E-state index contributed by atoms with van der Waals surface area (Å²) in [5.74, 6) is -1.02. The third-order valence-corrected chi connectivity index (χ3v) is 4.30. The van der Waals surface area contributed by atoms with Gasteiger partial charge in [-0.2, -0.15) is 5.10 Å². The summed E-state index contributed by atoms with van der Waals surface area (Å²) in [6.45, 7) is 0.493. The number of benzene rings is 1. The molecule has 4 N–H and O–H groups in total. The first kappa shape index (κ1) is 18.4. The number of aromatic nitrogens is 2. The van der Waals surface area contributed by atoms with Crippen LogP contribution in [0.25, 0.3) is 11.3 Å². The molecule has 0 saturated heterocycles. The number of rotatable bonds is 4. The zero-order valence-corrected chi connectivity index (χ0v) is 13.7. The van der Waals surface area contributed by atoms with Gasteiger partial charge >= 0.3 is 0 Å². The summed E-state index contributed by atoms with van der Waals surface area (Å²) in [7, 11) is 0. The van der Waals surface area contributed by atoms with Crippen molar-refractivity contribution < 1.29 is 13.6 Å². The number of nitrogens with two attached hydrogens (primary N) is 1. The van der Waals surface area contributed by atoms with Gasteiger partial charge in [0.15, 0.2) is 5.82 Å². The Bertz CT molecular complexity index is 702. The maximum Gasteiger partial charge on any atom is 0.229 e. The lowest BCUT2D eigenvalue weighted by atomic mass is 9.95. The summed E-state index contributed by atoms with van der Waals surface area (Å²) in [6.07, 6.45) is 2.78. The summed E-state index contributed by atoms with van der Waals surface area (Å²) < 4.78 is 26.5. The lowest BCUT2D eigenvalue weighted by Gasteiger charge is -2.16. The largest absolute Gasteiger partial charge is 0.330 e. The predicted molar refractivity (Wildman–Crippen MR) is 89.7 cm³/mol. The van der Waals surface area contributed by atoms with Crippen molar-refractivity contribution in [2.75, 3.05) is 11.9 Å². The summed E-state index contributed by atoms with van der Waals surface area (Å²) in [4.78, 5) is 12.3. The van der Waals surface area contributed by atoms with Gasteiger partial charge in [-0.25, -0.2) is 8.78 Å². The molecule has 1 fully saturated rings. The van der Waals surface area contributed by atoms with Crippen LogP contribution in [0.3, 0.4) is 0 Å². The molecule has 3 rings (SSSR count). The monoisotopic (exact) mass is 356 g/mol. The van der Waals surface area contributed by atoms with Crippen LogP contribution in [0.5, 0.6) is 0 Å². The van der Waals surface area contributed by atoms with Crippen molar-refractivity contribution in [3.8, 4) is 11.3 Å². The van der Waals surface area contributed by atoms with Gasteiger partial charge < -0.3 is 11.1 Å². The van der Waals surface area contributed by atoms with Crippen LogP contribution in [-0.2, 0) is 4.79 Å². The van der Waals surface area contributed by atoms with E-state index in [4.69, 9.17) is 5.73 Å². The van der Waals surface area contributed by atoms with Crippen LogP contribution >= 0.6 is 12.4 Å². The predicted octanol–water partition coefficient (Wildman–Crippen LogP) is 3.09. The molecule has 1 aliphatic rings. The van der Waals surface area contributed by atoms with E-state index in [1.807, 2.05) is 0 Å². The molecule has 0 radical (unpaired) electrons. The van der Waals surface area contributed by atoms with Gasteiger partial charge in [-0.3, -0.25) is 9.89 Å². The van der Waals surface area contributed by atoms with E-state index in [0.717, 1.165) is 25.3 Å². The first-order chi connectivity index (χ1) is 11.1. The summed E-state index contributed by atoms with van der Waals surface area (Å²) >= 11 is 0. The number of hydrogen-bond donors (Lipinski definition) is 3. The van der Waals surface area contributed by atoms with Gasteiger partial charge in [0.05, 0.1) is 5.69 Å². The summed E-state index contributed by atoms with van der Waals surface area (Å²) in [5.41, 5.74) is 6.45. The van der Waals surface area contributed by atoms with Crippen LogP contribution in [0.1, 0.15) is 19.3 Å². The molecule has 1 amide bonds. The Morgan fingerprint density at radius 3 is 2.62 bits per heavy atom. The Hall–Kier alpha value is -1.99. The molecule has 2 aromatic rings. The van der Waals surface area contributed by atoms with Crippen molar-refractivity contribution in [1.82, 2.24) is 10.2 Å². The normalized spacial score (nSPS) is 19.8. The minimum absolute atomic E-state index is 0. The van der Waals surface area contributed by atoms with Gasteiger partial charge in [-0.05, 0) is 37.4 Å². The van der Waals surface area contributed by atoms with E-state index in [-0.39, 0.29) is 30.2 Å². The standard InChI is InChI=1S/C16H18F2N4O.ClH/c17-11-4-10(5-12(18)6-11)14-7-15(22-21-14)20-16(23)13-3-1-2-9(13)8-19;/h4-7,9,13H,1-3,8,19H2,(H2,20,21,22,23);1H/t9-,13-;/m1./s1. The number of anilines is 1. The maximum atomic E-state index is 13.3. The molecular formula is C16H19ClF2N4O. The molecule has 2 atom stereocenters. The Labute approximate surface area is 144 Å². The third kappa shape index (κ3) is 3.91. The van der Waals surface area contributed by atoms with Gasteiger partial charge in [-0.1, -0.05) is 6.42 Å². The molecular weight excluding hydrogens is 338 g/mol. The van der Waals surface area contributed by atoms with Crippen molar-refractivity contribution in [3.05, 3.63) is 35.9 Å². The number of nitrogens with one attached hydrogen (secondary N) is 2. The molecule has 1 aromatic carbocycles. The molecule has 0 spiro atoms. The molecule has 24 heavy (non-hydrogen) atoms. The molecule has 1 aliphatic carbocycles. The van der Waals surface area contributed by atoms with Crippen LogP contribution in [0.4, 0.5) is 14.6 Å². The van der Waals surface area contributed by atoms with E-state index in [2.05, 4.69) is 15.5 Å². The fourth-order valence-corrected chi connectivity index (χ4v) is 3.13. The van der Waals surface area contributed by atoms with E-state index >= 15 is 0 Å².